The van der Waals surface area contributed by atoms with Crippen molar-refractivity contribution in [1.82, 2.24) is 4.98 Å². The molecule has 0 saturated heterocycles. The van der Waals surface area contributed by atoms with Gasteiger partial charge in [-0.25, -0.2) is 0 Å². The van der Waals surface area contributed by atoms with Crippen molar-refractivity contribution in [3.63, 3.8) is 0 Å². The van der Waals surface area contributed by atoms with Crippen molar-refractivity contribution in [2.45, 2.75) is 26.4 Å². The average Bonchev–Trinajstić information content (AvgIpc) is 2.45. The zero-order valence-electron chi connectivity index (χ0n) is 11.3. The van der Waals surface area contributed by atoms with E-state index in [-0.39, 0.29) is 0 Å². The fraction of sp³-hybridized carbons (Fsp3) is 0.312. The summed E-state index contributed by atoms with van der Waals surface area (Å²) in [4.78, 5) is 4.07. The Bertz CT molecular complexity index is 540. The number of aryl methyl sites for hydroxylation is 1. The number of hydrogen-bond donors (Lipinski definition) is 1. The Kier molecular flexibility index (Phi) is 4.53. The molecule has 1 aromatic heterocycles. The molecule has 0 aliphatic carbocycles. The summed E-state index contributed by atoms with van der Waals surface area (Å²) < 4.78 is 5.59. The minimum atomic E-state index is -0.668. The topological polar surface area (TPSA) is 42.4 Å². The van der Waals surface area contributed by atoms with Crippen molar-refractivity contribution in [2.75, 3.05) is 6.61 Å². The highest BCUT2D eigenvalue weighted by Gasteiger charge is 2.13. The lowest BCUT2D eigenvalue weighted by Gasteiger charge is -2.14. The van der Waals surface area contributed by atoms with Crippen molar-refractivity contribution in [1.29, 1.82) is 0 Å². The third-order valence-corrected chi connectivity index (χ3v) is 3.02. The van der Waals surface area contributed by atoms with E-state index in [1.165, 1.54) is 0 Å². The van der Waals surface area contributed by atoms with Gasteiger partial charge in [0.1, 0.15) is 11.9 Å². The summed E-state index contributed by atoms with van der Waals surface area (Å²) in [6.45, 7) is 4.72. The van der Waals surface area contributed by atoms with Crippen LogP contribution in [0.1, 0.15) is 36.1 Å². The predicted octanol–water partition coefficient (Wildman–Crippen LogP) is 3.26. The number of rotatable bonds is 5. The van der Waals surface area contributed by atoms with E-state index in [0.29, 0.717) is 6.61 Å². The molecule has 3 heteroatoms. The van der Waals surface area contributed by atoms with E-state index < -0.39 is 6.10 Å². The second kappa shape index (κ2) is 6.34. The van der Waals surface area contributed by atoms with Gasteiger partial charge in [-0.2, -0.15) is 0 Å². The standard InChI is InChI=1S/C16H19NO2/c1-3-9-19-14-6-4-5-13(10-14)16(18)15-11-17-8-7-12(15)2/h4-8,10-11,16,18H,3,9H2,1-2H3. The SMILES string of the molecule is CCCOc1cccc(C(O)c2cnccc2C)c1. The van der Waals surface area contributed by atoms with E-state index in [1.807, 2.05) is 37.3 Å². The summed E-state index contributed by atoms with van der Waals surface area (Å²) in [5, 5.41) is 10.4. The first-order chi connectivity index (χ1) is 9.22. The smallest absolute Gasteiger partial charge is 0.119 e. The highest BCUT2D eigenvalue weighted by molar-refractivity contribution is 5.37. The maximum Gasteiger partial charge on any atom is 0.119 e. The van der Waals surface area contributed by atoms with Crippen molar-refractivity contribution in [3.8, 4) is 5.75 Å². The molecule has 100 valence electrons. The molecule has 0 aliphatic rings. The van der Waals surface area contributed by atoms with E-state index in [0.717, 1.165) is 28.9 Å². The number of nitrogens with zero attached hydrogens (tertiary/aromatic N) is 1. The van der Waals surface area contributed by atoms with Gasteiger partial charge in [0.25, 0.3) is 0 Å². The summed E-state index contributed by atoms with van der Waals surface area (Å²) in [6.07, 6.45) is 3.74. The van der Waals surface area contributed by atoms with Gasteiger partial charge >= 0.3 is 0 Å². The lowest BCUT2D eigenvalue weighted by atomic mass is 9.99. The monoisotopic (exact) mass is 257 g/mol. The number of pyridine rings is 1. The van der Waals surface area contributed by atoms with Crippen LogP contribution in [0.5, 0.6) is 5.75 Å². The van der Waals surface area contributed by atoms with Crippen LogP contribution in [0.4, 0.5) is 0 Å². The van der Waals surface area contributed by atoms with Gasteiger partial charge < -0.3 is 9.84 Å². The first-order valence-electron chi connectivity index (χ1n) is 6.53. The molecule has 0 spiro atoms. The summed E-state index contributed by atoms with van der Waals surface area (Å²) in [5.74, 6) is 0.792. The third-order valence-electron chi connectivity index (χ3n) is 3.02. The number of hydrogen-bond acceptors (Lipinski definition) is 3. The van der Waals surface area contributed by atoms with E-state index in [1.54, 1.807) is 12.4 Å². The second-order valence-corrected chi connectivity index (χ2v) is 4.56. The van der Waals surface area contributed by atoms with Gasteiger partial charge in [-0.3, -0.25) is 4.98 Å². The van der Waals surface area contributed by atoms with Crippen molar-refractivity contribution >= 4 is 0 Å². The van der Waals surface area contributed by atoms with Gasteiger partial charge in [0.05, 0.1) is 6.61 Å². The molecule has 2 aromatic rings. The molecule has 0 bridgehead atoms. The third kappa shape index (κ3) is 3.32. The molecule has 0 amide bonds. The molecular weight excluding hydrogens is 238 g/mol. The molecule has 2 rings (SSSR count). The lowest BCUT2D eigenvalue weighted by molar-refractivity contribution is 0.218. The maximum atomic E-state index is 10.4. The summed E-state index contributed by atoms with van der Waals surface area (Å²) in [5.41, 5.74) is 2.68. The minimum absolute atomic E-state index is 0.668. The zero-order valence-corrected chi connectivity index (χ0v) is 11.3. The van der Waals surface area contributed by atoms with Crippen LogP contribution < -0.4 is 4.74 Å². The number of aliphatic hydroxyl groups is 1. The van der Waals surface area contributed by atoms with E-state index in [2.05, 4.69) is 11.9 Å². The molecule has 0 radical (unpaired) electrons. The Morgan fingerprint density at radius 3 is 2.89 bits per heavy atom. The lowest BCUT2D eigenvalue weighted by Crippen LogP contribution is -2.03. The normalized spacial score (nSPS) is 12.2. The van der Waals surface area contributed by atoms with Crippen molar-refractivity contribution in [2.24, 2.45) is 0 Å². The molecule has 1 heterocycles. The number of aliphatic hydroxyl groups excluding tert-OH is 1. The fourth-order valence-electron chi connectivity index (χ4n) is 1.94. The minimum Gasteiger partial charge on any atom is -0.494 e. The molecule has 1 atom stereocenters. The molecule has 0 aliphatic heterocycles. The molecular formula is C16H19NO2. The van der Waals surface area contributed by atoms with Gasteiger partial charge in [0, 0.05) is 18.0 Å². The molecule has 19 heavy (non-hydrogen) atoms. The van der Waals surface area contributed by atoms with Gasteiger partial charge in [0.15, 0.2) is 0 Å². The van der Waals surface area contributed by atoms with Crippen LogP contribution in [0, 0.1) is 6.92 Å². The largest absolute Gasteiger partial charge is 0.494 e. The van der Waals surface area contributed by atoms with Crippen molar-refractivity contribution in [3.05, 3.63) is 59.4 Å². The Hall–Kier alpha value is -1.87. The van der Waals surface area contributed by atoms with Crippen LogP contribution in [0.3, 0.4) is 0 Å². The molecule has 0 saturated carbocycles. The first-order valence-corrected chi connectivity index (χ1v) is 6.53. The second-order valence-electron chi connectivity index (χ2n) is 4.56. The van der Waals surface area contributed by atoms with Crippen LogP contribution in [-0.4, -0.2) is 16.7 Å². The van der Waals surface area contributed by atoms with Gasteiger partial charge in [-0.05, 0) is 42.7 Å². The fourth-order valence-corrected chi connectivity index (χ4v) is 1.94. The molecule has 1 aromatic carbocycles. The van der Waals surface area contributed by atoms with Crippen LogP contribution in [-0.2, 0) is 0 Å². The van der Waals surface area contributed by atoms with Crippen LogP contribution >= 0.6 is 0 Å². The van der Waals surface area contributed by atoms with Crippen LogP contribution in [0.25, 0.3) is 0 Å². The maximum absolute atomic E-state index is 10.4. The van der Waals surface area contributed by atoms with E-state index >= 15 is 0 Å². The van der Waals surface area contributed by atoms with Gasteiger partial charge in [-0.1, -0.05) is 19.1 Å². The number of ether oxygens (including phenoxy) is 1. The van der Waals surface area contributed by atoms with Gasteiger partial charge in [0.2, 0.25) is 0 Å². The highest BCUT2D eigenvalue weighted by Crippen LogP contribution is 2.26. The van der Waals surface area contributed by atoms with Crippen molar-refractivity contribution < 1.29 is 9.84 Å². The summed E-state index contributed by atoms with van der Waals surface area (Å²) in [7, 11) is 0. The Morgan fingerprint density at radius 1 is 1.32 bits per heavy atom. The Morgan fingerprint density at radius 2 is 2.16 bits per heavy atom. The summed E-state index contributed by atoms with van der Waals surface area (Å²) in [6, 6.07) is 9.48. The van der Waals surface area contributed by atoms with E-state index in [9.17, 15) is 5.11 Å². The Balaban J connectivity index is 2.24. The average molecular weight is 257 g/mol. The molecule has 0 fully saturated rings. The predicted molar refractivity (Wildman–Crippen MR) is 75.3 cm³/mol. The quantitative estimate of drug-likeness (QED) is 0.894. The van der Waals surface area contributed by atoms with Crippen LogP contribution in [0.2, 0.25) is 0 Å². The zero-order chi connectivity index (χ0) is 13.7. The number of aromatic nitrogens is 1. The Labute approximate surface area is 113 Å². The summed E-state index contributed by atoms with van der Waals surface area (Å²) >= 11 is 0. The molecule has 1 unspecified atom stereocenters. The van der Waals surface area contributed by atoms with Crippen LogP contribution in [0.15, 0.2) is 42.7 Å². The first kappa shape index (κ1) is 13.6. The number of benzene rings is 1. The molecule has 1 N–H and O–H groups in total. The highest BCUT2D eigenvalue weighted by atomic mass is 16.5. The molecule has 3 nitrogen and oxygen atoms in total. The van der Waals surface area contributed by atoms with Gasteiger partial charge in [-0.15, -0.1) is 0 Å². The van der Waals surface area contributed by atoms with E-state index in [4.69, 9.17) is 4.74 Å².